The van der Waals surface area contributed by atoms with Gasteiger partial charge in [0.2, 0.25) is 5.91 Å². The third kappa shape index (κ3) is 5.26. The van der Waals surface area contributed by atoms with Crippen molar-refractivity contribution in [3.63, 3.8) is 0 Å². The van der Waals surface area contributed by atoms with Crippen molar-refractivity contribution in [1.29, 1.82) is 0 Å². The highest BCUT2D eigenvalue weighted by molar-refractivity contribution is 5.75. The van der Waals surface area contributed by atoms with Crippen molar-refractivity contribution in [1.82, 2.24) is 5.32 Å². The molecule has 1 amide bonds. The summed E-state index contributed by atoms with van der Waals surface area (Å²) in [7, 11) is 1.49. The summed E-state index contributed by atoms with van der Waals surface area (Å²) in [6.45, 7) is 0.0916. The van der Waals surface area contributed by atoms with E-state index in [-0.39, 0.29) is 25.7 Å². The van der Waals surface area contributed by atoms with Crippen LogP contribution in [0.25, 0.3) is 0 Å². The molecular formula is C5H11NO3. The molecule has 4 heteroatoms. The van der Waals surface area contributed by atoms with Crippen molar-refractivity contribution in [2.24, 2.45) is 0 Å². The molecule has 0 spiro atoms. The van der Waals surface area contributed by atoms with E-state index in [2.05, 4.69) is 10.1 Å². The second-order valence-electron chi connectivity index (χ2n) is 1.51. The standard InChI is InChI=1S/C5H11NO3/c1-9-4-6-5(8)2-3-7/h7H,2-4H2,1H3,(H,6,8). The van der Waals surface area contributed by atoms with Crippen molar-refractivity contribution >= 4 is 5.91 Å². The summed E-state index contributed by atoms with van der Waals surface area (Å²) in [6, 6.07) is 0. The molecule has 0 unspecified atom stereocenters. The van der Waals surface area contributed by atoms with E-state index in [4.69, 9.17) is 5.11 Å². The number of hydrogen-bond donors (Lipinski definition) is 2. The van der Waals surface area contributed by atoms with E-state index in [0.717, 1.165) is 0 Å². The second kappa shape index (κ2) is 5.53. The summed E-state index contributed by atoms with van der Waals surface area (Å²) in [5, 5.41) is 10.6. The van der Waals surface area contributed by atoms with Crippen LogP contribution in [0.3, 0.4) is 0 Å². The highest BCUT2D eigenvalue weighted by Crippen LogP contribution is 1.74. The molecule has 0 aliphatic rings. The number of amides is 1. The fraction of sp³-hybridized carbons (Fsp3) is 0.800. The van der Waals surface area contributed by atoms with E-state index < -0.39 is 0 Å². The molecule has 4 nitrogen and oxygen atoms in total. The molecule has 0 aliphatic carbocycles. The van der Waals surface area contributed by atoms with E-state index in [9.17, 15) is 4.79 Å². The average molecular weight is 133 g/mol. The summed E-state index contributed by atoms with van der Waals surface area (Å²) in [5.74, 6) is -0.195. The minimum absolute atomic E-state index is 0.116. The number of hydrogen-bond acceptors (Lipinski definition) is 3. The van der Waals surface area contributed by atoms with Gasteiger partial charge in [0.25, 0.3) is 0 Å². The molecule has 0 aromatic heterocycles. The highest BCUT2D eigenvalue weighted by Gasteiger charge is 1.95. The Bertz CT molecular complexity index is 84.3. The van der Waals surface area contributed by atoms with Crippen LogP contribution in [-0.4, -0.2) is 31.5 Å². The van der Waals surface area contributed by atoms with Gasteiger partial charge in [-0.05, 0) is 0 Å². The zero-order chi connectivity index (χ0) is 7.11. The smallest absolute Gasteiger partial charge is 0.224 e. The predicted molar refractivity (Wildman–Crippen MR) is 31.7 cm³/mol. The van der Waals surface area contributed by atoms with Gasteiger partial charge in [-0.1, -0.05) is 0 Å². The molecule has 0 aliphatic heterocycles. The van der Waals surface area contributed by atoms with E-state index in [1.54, 1.807) is 0 Å². The molecule has 0 rings (SSSR count). The van der Waals surface area contributed by atoms with Gasteiger partial charge in [0.1, 0.15) is 6.73 Å². The monoisotopic (exact) mass is 133 g/mol. The lowest BCUT2D eigenvalue weighted by Gasteiger charge is -1.99. The normalized spacial score (nSPS) is 9.11. The number of aliphatic hydroxyl groups is 1. The first-order valence-electron chi connectivity index (χ1n) is 2.67. The number of aliphatic hydroxyl groups excluding tert-OH is 1. The second-order valence-corrected chi connectivity index (χ2v) is 1.51. The minimum atomic E-state index is -0.195. The maximum atomic E-state index is 10.5. The van der Waals surface area contributed by atoms with E-state index in [0.29, 0.717) is 0 Å². The Morgan fingerprint density at radius 1 is 1.78 bits per heavy atom. The van der Waals surface area contributed by atoms with Crippen LogP contribution in [0, 0.1) is 0 Å². The quantitative estimate of drug-likeness (QED) is 0.488. The number of rotatable bonds is 4. The summed E-state index contributed by atoms with van der Waals surface area (Å²) < 4.78 is 4.55. The van der Waals surface area contributed by atoms with Gasteiger partial charge in [0.05, 0.1) is 6.61 Å². The molecular weight excluding hydrogens is 122 g/mol. The van der Waals surface area contributed by atoms with Crippen LogP contribution in [0.2, 0.25) is 0 Å². The first kappa shape index (κ1) is 8.39. The van der Waals surface area contributed by atoms with Crippen LogP contribution in [0.4, 0.5) is 0 Å². The molecule has 54 valence electrons. The Hall–Kier alpha value is -0.610. The lowest BCUT2D eigenvalue weighted by atomic mass is 10.4. The summed E-state index contributed by atoms with van der Waals surface area (Å²) in [5.41, 5.74) is 0. The van der Waals surface area contributed by atoms with Crippen molar-refractivity contribution < 1.29 is 14.6 Å². The van der Waals surface area contributed by atoms with Gasteiger partial charge in [0, 0.05) is 13.5 Å². The van der Waals surface area contributed by atoms with Crippen molar-refractivity contribution in [3.05, 3.63) is 0 Å². The number of nitrogens with one attached hydrogen (secondary N) is 1. The maximum absolute atomic E-state index is 10.5. The maximum Gasteiger partial charge on any atom is 0.224 e. The van der Waals surface area contributed by atoms with Gasteiger partial charge >= 0.3 is 0 Å². The van der Waals surface area contributed by atoms with Crippen molar-refractivity contribution in [2.45, 2.75) is 6.42 Å². The third-order valence-corrected chi connectivity index (χ3v) is 0.753. The van der Waals surface area contributed by atoms with Crippen molar-refractivity contribution in [3.8, 4) is 0 Å². The summed E-state index contributed by atoms with van der Waals surface area (Å²) in [4.78, 5) is 10.5. The largest absolute Gasteiger partial charge is 0.396 e. The van der Waals surface area contributed by atoms with Crippen LogP contribution in [-0.2, 0) is 9.53 Å². The average Bonchev–Trinajstić information content (AvgIpc) is 1.85. The molecule has 0 heterocycles. The topological polar surface area (TPSA) is 58.6 Å². The van der Waals surface area contributed by atoms with Gasteiger partial charge in [0.15, 0.2) is 0 Å². The summed E-state index contributed by atoms with van der Waals surface area (Å²) >= 11 is 0. The number of carbonyl (C=O) groups is 1. The van der Waals surface area contributed by atoms with Gasteiger partial charge in [-0.2, -0.15) is 0 Å². The molecule has 0 aromatic carbocycles. The predicted octanol–water partition coefficient (Wildman–Crippen LogP) is -0.911. The number of ether oxygens (including phenoxy) is 1. The third-order valence-electron chi connectivity index (χ3n) is 0.753. The number of carbonyl (C=O) groups excluding carboxylic acids is 1. The van der Waals surface area contributed by atoms with Crippen LogP contribution < -0.4 is 5.32 Å². The molecule has 0 fully saturated rings. The van der Waals surface area contributed by atoms with Crippen LogP contribution in [0.5, 0.6) is 0 Å². The van der Waals surface area contributed by atoms with E-state index >= 15 is 0 Å². The van der Waals surface area contributed by atoms with Gasteiger partial charge in [-0.3, -0.25) is 4.79 Å². The van der Waals surface area contributed by atoms with Crippen LogP contribution >= 0.6 is 0 Å². The molecule has 0 aromatic rings. The molecule has 2 N–H and O–H groups in total. The Morgan fingerprint density at radius 2 is 2.44 bits per heavy atom. The Balaban J connectivity index is 3.06. The fourth-order valence-electron chi connectivity index (χ4n) is 0.343. The zero-order valence-corrected chi connectivity index (χ0v) is 5.39. The highest BCUT2D eigenvalue weighted by atomic mass is 16.5. The van der Waals surface area contributed by atoms with E-state index in [1.807, 2.05) is 0 Å². The molecule has 9 heavy (non-hydrogen) atoms. The summed E-state index contributed by atoms with van der Waals surface area (Å²) in [6.07, 6.45) is 0.142. The fourth-order valence-corrected chi connectivity index (χ4v) is 0.343. The van der Waals surface area contributed by atoms with Gasteiger partial charge < -0.3 is 15.2 Å². The molecule has 0 saturated carbocycles. The SMILES string of the molecule is COCNC(=O)CCO. The Morgan fingerprint density at radius 3 is 2.89 bits per heavy atom. The Labute approximate surface area is 53.8 Å². The number of methoxy groups -OCH3 is 1. The van der Waals surface area contributed by atoms with Crippen LogP contribution in [0.1, 0.15) is 6.42 Å². The lowest BCUT2D eigenvalue weighted by molar-refractivity contribution is -0.123. The molecule has 0 atom stereocenters. The molecule has 0 saturated heterocycles. The minimum Gasteiger partial charge on any atom is -0.396 e. The van der Waals surface area contributed by atoms with Crippen molar-refractivity contribution in [2.75, 3.05) is 20.4 Å². The van der Waals surface area contributed by atoms with Crippen LogP contribution in [0.15, 0.2) is 0 Å². The lowest BCUT2D eigenvalue weighted by Crippen LogP contribution is -2.25. The first-order valence-corrected chi connectivity index (χ1v) is 2.67. The van der Waals surface area contributed by atoms with Gasteiger partial charge in [-0.15, -0.1) is 0 Å². The van der Waals surface area contributed by atoms with Gasteiger partial charge in [-0.25, -0.2) is 0 Å². The zero-order valence-electron chi connectivity index (χ0n) is 5.39. The molecule has 0 bridgehead atoms. The molecule has 0 radical (unpaired) electrons. The Kier molecular flexibility index (Phi) is 5.15. The van der Waals surface area contributed by atoms with E-state index in [1.165, 1.54) is 7.11 Å². The first-order chi connectivity index (χ1) is 4.31.